The second-order valence-electron chi connectivity index (χ2n) is 10.5. The van der Waals surface area contributed by atoms with E-state index in [9.17, 15) is 13.6 Å². The first-order valence-electron chi connectivity index (χ1n) is 12.8. The fraction of sp³-hybridized carbons (Fsp3) is 0.731. The van der Waals surface area contributed by atoms with E-state index >= 15 is 0 Å². The number of thiazole rings is 1. The standard InChI is InChI=1S/C26H37F2N3O3S/c1-17-22(18(2)34-30-17)9-8-21(32)14-20-6-4-19(5-7-20)10-12-31-13-11-24-23(15-31)29-25(35-24)33-16-26(3,27)28/h19-20H,4-16H2,1-3H3. The van der Waals surface area contributed by atoms with E-state index in [1.807, 2.05) is 13.8 Å². The van der Waals surface area contributed by atoms with E-state index in [0.717, 1.165) is 86.3 Å². The molecule has 9 heteroatoms. The normalized spacial score (nSPS) is 21.2. The predicted octanol–water partition coefficient (Wildman–Crippen LogP) is 5.93. The van der Waals surface area contributed by atoms with Crippen molar-refractivity contribution in [1.82, 2.24) is 15.0 Å². The molecule has 0 aromatic carbocycles. The van der Waals surface area contributed by atoms with Crippen LogP contribution in [0.5, 0.6) is 5.19 Å². The topological polar surface area (TPSA) is 68.5 Å². The minimum absolute atomic E-state index is 0.354. The summed E-state index contributed by atoms with van der Waals surface area (Å²) in [5, 5.41) is 4.33. The summed E-state index contributed by atoms with van der Waals surface area (Å²) in [6, 6.07) is 0. The number of aryl methyl sites for hydroxylation is 2. The van der Waals surface area contributed by atoms with Gasteiger partial charge in [0.2, 0.25) is 0 Å². The van der Waals surface area contributed by atoms with Gasteiger partial charge in [-0.15, -0.1) is 0 Å². The lowest BCUT2D eigenvalue weighted by molar-refractivity contribution is -0.120. The molecule has 0 N–H and O–H groups in total. The van der Waals surface area contributed by atoms with Gasteiger partial charge < -0.3 is 9.26 Å². The molecule has 0 radical (unpaired) electrons. The summed E-state index contributed by atoms with van der Waals surface area (Å²) in [6.07, 6.45) is 8.74. The molecule has 0 spiro atoms. The molecule has 0 unspecified atom stereocenters. The van der Waals surface area contributed by atoms with E-state index < -0.39 is 12.5 Å². The van der Waals surface area contributed by atoms with E-state index in [1.54, 1.807) is 0 Å². The quantitative estimate of drug-likeness (QED) is 0.374. The summed E-state index contributed by atoms with van der Waals surface area (Å²) < 4.78 is 36.5. The molecule has 1 fully saturated rings. The van der Waals surface area contributed by atoms with Crippen molar-refractivity contribution < 1.29 is 22.8 Å². The van der Waals surface area contributed by atoms with E-state index in [1.165, 1.54) is 24.2 Å². The second kappa shape index (κ2) is 11.5. The number of halogens is 2. The Morgan fingerprint density at radius 2 is 1.97 bits per heavy atom. The maximum atomic E-state index is 13.1. The van der Waals surface area contributed by atoms with Crippen LogP contribution in [0.15, 0.2) is 4.52 Å². The van der Waals surface area contributed by atoms with Gasteiger partial charge in [0.1, 0.15) is 11.5 Å². The number of alkyl halides is 2. The van der Waals surface area contributed by atoms with Crippen LogP contribution in [0.3, 0.4) is 0 Å². The zero-order chi connectivity index (χ0) is 25.0. The Kier molecular flexibility index (Phi) is 8.58. The predicted molar refractivity (Wildman–Crippen MR) is 131 cm³/mol. The fourth-order valence-corrected chi connectivity index (χ4v) is 6.21. The number of hydrogen-bond donors (Lipinski definition) is 0. The number of carbonyl (C=O) groups excluding carboxylic acids is 1. The Labute approximate surface area is 210 Å². The van der Waals surface area contributed by atoms with Crippen LogP contribution in [0.2, 0.25) is 0 Å². The molecule has 1 saturated carbocycles. The molecule has 0 amide bonds. The van der Waals surface area contributed by atoms with Crippen molar-refractivity contribution in [3.63, 3.8) is 0 Å². The molecule has 1 aliphatic carbocycles. The highest BCUT2D eigenvalue weighted by Crippen LogP contribution is 2.35. The van der Waals surface area contributed by atoms with Crippen LogP contribution in [0, 0.1) is 25.7 Å². The van der Waals surface area contributed by atoms with Crippen LogP contribution in [0.4, 0.5) is 8.78 Å². The molecule has 0 saturated heterocycles. The number of carbonyl (C=O) groups is 1. The molecular weight excluding hydrogens is 472 g/mol. The Balaban J connectivity index is 1.13. The van der Waals surface area contributed by atoms with Crippen molar-refractivity contribution in [2.24, 2.45) is 11.8 Å². The van der Waals surface area contributed by atoms with Crippen molar-refractivity contribution in [1.29, 1.82) is 0 Å². The summed E-state index contributed by atoms with van der Waals surface area (Å²) >= 11 is 1.40. The zero-order valence-electron chi connectivity index (χ0n) is 21.1. The lowest BCUT2D eigenvalue weighted by Crippen LogP contribution is -2.32. The fourth-order valence-electron chi connectivity index (χ4n) is 5.31. The first kappa shape index (κ1) is 26.2. The molecule has 0 bridgehead atoms. The Morgan fingerprint density at radius 1 is 1.23 bits per heavy atom. The minimum Gasteiger partial charge on any atom is -0.464 e. The molecule has 2 aliphatic rings. The first-order chi connectivity index (χ1) is 16.7. The highest BCUT2D eigenvalue weighted by Gasteiger charge is 2.27. The van der Waals surface area contributed by atoms with Gasteiger partial charge in [0.25, 0.3) is 11.1 Å². The third-order valence-corrected chi connectivity index (χ3v) is 8.48. The van der Waals surface area contributed by atoms with Crippen LogP contribution in [-0.2, 0) is 24.2 Å². The van der Waals surface area contributed by atoms with E-state index in [2.05, 4.69) is 15.0 Å². The highest BCUT2D eigenvalue weighted by molar-refractivity contribution is 7.13. The summed E-state index contributed by atoms with van der Waals surface area (Å²) in [7, 11) is 0. The smallest absolute Gasteiger partial charge is 0.278 e. The molecule has 6 nitrogen and oxygen atoms in total. The SMILES string of the molecule is Cc1noc(C)c1CCC(=O)CC1CCC(CCN2CCc3sc(OCC(C)(F)F)nc3C2)CC1. The third-order valence-electron chi connectivity index (χ3n) is 7.41. The third kappa shape index (κ3) is 7.56. The number of aromatic nitrogens is 2. The number of fused-ring (bicyclic) bond motifs is 1. The summed E-state index contributed by atoms with van der Waals surface area (Å²) in [5.74, 6) is -0.436. The summed E-state index contributed by atoms with van der Waals surface area (Å²) in [6.45, 7) is 6.85. The molecule has 194 valence electrons. The number of nitrogens with zero attached hydrogens (tertiary/aromatic N) is 3. The van der Waals surface area contributed by atoms with Gasteiger partial charge in [-0.1, -0.05) is 29.3 Å². The Bertz CT molecular complexity index is 973. The van der Waals surface area contributed by atoms with E-state index in [0.29, 0.717) is 35.7 Å². The molecule has 2 aromatic heterocycles. The van der Waals surface area contributed by atoms with Crippen LogP contribution in [0.25, 0.3) is 0 Å². The largest absolute Gasteiger partial charge is 0.464 e. The van der Waals surface area contributed by atoms with Crippen LogP contribution in [0.1, 0.15) is 79.5 Å². The highest BCUT2D eigenvalue weighted by atomic mass is 32.1. The molecule has 4 rings (SSSR count). The molecule has 3 heterocycles. The van der Waals surface area contributed by atoms with Crippen molar-refractivity contribution in [2.75, 3.05) is 19.7 Å². The van der Waals surface area contributed by atoms with Crippen LogP contribution < -0.4 is 4.74 Å². The van der Waals surface area contributed by atoms with E-state index in [4.69, 9.17) is 9.26 Å². The zero-order valence-corrected chi connectivity index (χ0v) is 21.9. The number of ether oxygens (including phenoxy) is 1. The number of hydrogen-bond acceptors (Lipinski definition) is 7. The van der Waals surface area contributed by atoms with Gasteiger partial charge in [0.15, 0.2) is 6.61 Å². The van der Waals surface area contributed by atoms with Gasteiger partial charge in [-0.3, -0.25) is 9.69 Å². The van der Waals surface area contributed by atoms with Gasteiger partial charge in [-0.2, -0.15) is 0 Å². The first-order valence-corrected chi connectivity index (χ1v) is 13.6. The Hall–Kier alpha value is -1.87. The van der Waals surface area contributed by atoms with Gasteiger partial charge in [0.05, 0.1) is 11.4 Å². The van der Waals surface area contributed by atoms with Gasteiger partial charge in [-0.05, 0) is 64.3 Å². The number of rotatable bonds is 11. The number of Topliss-reactive ketones (excluding diaryl/α,β-unsaturated/α-hetero) is 1. The molecule has 0 atom stereocenters. The maximum absolute atomic E-state index is 13.1. The van der Waals surface area contributed by atoms with Crippen molar-refractivity contribution >= 4 is 17.1 Å². The lowest BCUT2D eigenvalue weighted by atomic mass is 9.78. The molecular formula is C26H37F2N3O3S. The molecule has 1 aliphatic heterocycles. The summed E-state index contributed by atoms with van der Waals surface area (Å²) in [5.41, 5.74) is 2.95. The van der Waals surface area contributed by atoms with Crippen molar-refractivity contribution in [3.8, 4) is 5.19 Å². The Morgan fingerprint density at radius 3 is 2.66 bits per heavy atom. The maximum Gasteiger partial charge on any atom is 0.278 e. The minimum atomic E-state index is -2.85. The number of ketones is 1. The average Bonchev–Trinajstić information content (AvgIpc) is 3.37. The van der Waals surface area contributed by atoms with Crippen molar-refractivity contribution in [3.05, 3.63) is 27.6 Å². The van der Waals surface area contributed by atoms with Gasteiger partial charge in [0, 0.05) is 43.3 Å². The lowest BCUT2D eigenvalue weighted by Gasteiger charge is -2.31. The molecule has 35 heavy (non-hydrogen) atoms. The van der Waals surface area contributed by atoms with E-state index in [-0.39, 0.29) is 0 Å². The van der Waals surface area contributed by atoms with Crippen LogP contribution in [-0.4, -0.2) is 46.4 Å². The van der Waals surface area contributed by atoms with Gasteiger partial charge >= 0.3 is 0 Å². The van der Waals surface area contributed by atoms with Gasteiger partial charge in [-0.25, -0.2) is 13.8 Å². The second-order valence-corrected chi connectivity index (χ2v) is 11.5. The molecule has 2 aromatic rings. The van der Waals surface area contributed by atoms with Crippen LogP contribution >= 0.6 is 11.3 Å². The average molecular weight is 510 g/mol. The van der Waals surface area contributed by atoms with Crippen molar-refractivity contribution in [2.45, 2.75) is 91.0 Å². The monoisotopic (exact) mass is 509 g/mol. The summed E-state index contributed by atoms with van der Waals surface area (Å²) in [4.78, 5) is 20.6.